The number of amides is 1. The van der Waals surface area contributed by atoms with Gasteiger partial charge in [0.15, 0.2) is 22.4 Å². The van der Waals surface area contributed by atoms with Crippen molar-refractivity contribution in [2.75, 3.05) is 24.3 Å². The first-order valence-electron chi connectivity index (χ1n) is 6.94. The third kappa shape index (κ3) is 5.57. The number of ether oxygens (including phenoxy) is 2. The third-order valence-electron chi connectivity index (χ3n) is 2.49. The Bertz CT molecular complexity index is 661. The maximum atomic E-state index is 11.9. The molecule has 0 saturated heterocycles. The minimum absolute atomic E-state index is 0.126. The number of para-hydroxylation sites is 2. The lowest BCUT2D eigenvalue weighted by molar-refractivity contribution is -0.118. The average Bonchev–Trinajstić information content (AvgIpc) is 3.00. The van der Waals surface area contributed by atoms with Crippen LogP contribution in [0.5, 0.6) is 11.5 Å². The molecular weight excluding hydrogens is 334 g/mol. The van der Waals surface area contributed by atoms with Crippen LogP contribution in [0.15, 0.2) is 41.3 Å². The van der Waals surface area contributed by atoms with Crippen LogP contribution >= 0.6 is 23.1 Å². The number of hydrogen-bond donors (Lipinski definition) is 1. The molecule has 8 heteroatoms. The van der Waals surface area contributed by atoms with Gasteiger partial charge in [0, 0.05) is 5.75 Å². The summed E-state index contributed by atoms with van der Waals surface area (Å²) in [7, 11) is 0. The van der Waals surface area contributed by atoms with Crippen LogP contribution in [0.4, 0.5) is 5.13 Å². The number of aromatic nitrogens is 2. The van der Waals surface area contributed by atoms with Gasteiger partial charge in [0.2, 0.25) is 5.13 Å². The van der Waals surface area contributed by atoms with E-state index in [-0.39, 0.29) is 12.5 Å². The highest BCUT2D eigenvalue weighted by molar-refractivity contribution is 8.01. The fourth-order valence-corrected chi connectivity index (χ4v) is 3.12. The van der Waals surface area contributed by atoms with Gasteiger partial charge in [0.05, 0.1) is 6.61 Å². The molecular formula is C15H17N3O3S2. The molecule has 0 radical (unpaired) electrons. The van der Waals surface area contributed by atoms with E-state index in [1.54, 1.807) is 18.2 Å². The van der Waals surface area contributed by atoms with Crippen molar-refractivity contribution in [1.82, 2.24) is 10.2 Å². The van der Waals surface area contributed by atoms with Crippen molar-refractivity contribution < 1.29 is 14.3 Å². The van der Waals surface area contributed by atoms with Gasteiger partial charge < -0.3 is 9.47 Å². The molecule has 0 aliphatic carbocycles. The van der Waals surface area contributed by atoms with Crippen LogP contribution in [-0.4, -0.2) is 35.1 Å². The molecule has 0 spiro atoms. The molecule has 1 heterocycles. The summed E-state index contributed by atoms with van der Waals surface area (Å²) in [6.07, 6.45) is 1.79. The zero-order valence-corrected chi connectivity index (χ0v) is 14.3. The number of benzene rings is 1. The maximum Gasteiger partial charge on any atom is 0.264 e. The molecule has 0 aliphatic rings. The fourth-order valence-electron chi connectivity index (χ4n) is 1.59. The first-order chi connectivity index (χ1) is 11.2. The zero-order chi connectivity index (χ0) is 16.5. The lowest BCUT2D eigenvalue weighted by Crippen LogP contribution is -2.20. The molecule has 1 aromatic heterocycles. The summed E-state index contributed by atoms with van der Waals surface area (Å²) >= 11 is 2.83. The van der Waals surface area contributed by atoms with Crippen molar-refractivity contribution in [2.45, 2.75) is 11.3 Å². The monoisotopic (exact) mass is 351 g/mol. The van der Waals surface area contributed by atoms with Gasteiger partial charge in [-0.1, -0.05) is 41.3 Å². The Morgan fingerprint density at radius 2 is 2.09 bits per heavy atom. The van der Waals surface area contributed by atoms with E-state index in [0.29, 0.717) is 23.2 Å². The summed E-state index contributed by atoms with van der Waals surface area (Å²) < 4.78 is 11.7. The molecule has 1 amide bonds. The normalized spacial score (nSPS) is 10.1. The number of anilines is 1. The zero-order valence-electron chi connectivity index (χ0n) is 12.7. The highest BCUT2D eigenvalue weighted by Crippen LogP contribution is 2.27. The van der Waals surface area contributed by atoms with Crippen molar-refractivity contribution in [3.05, 3.63) is 36.9 Å². The predicted octanol–water partition coefficient (Wildman–Crippen LogP) is 3.23. The smallest absolute Gasteiger partial charge is 0.264 e. The Morgan fingerprint density at radius 1 is 1.35 bits per heavy atom. The molecule has 2 rings (SSSR count). The minimum atomic E-state index is -0.298. The second-order valence-electron chi connectivity index (χ2n) is 4.19. The lowest BCUT2D eigenvalue weighted by Gasteiger charge is -2.10. The van der Waals surface area contributed by atoms with Gasteiger partial charge in [0.1, 0.15) is 0 Å². The molecule has 0 unspecified atom stereocenters. The molecule has 1 aromatic carbocycles. The standard InChI is InChI=1S/C15H17N3O3S2/c1-3-9-22-15-18-17-14(23-15)16-13(19)10-21-12-8-6-5-7-11(12)20-4-2/h3,5-8H,1,4,9-10H2,2H3,(H,16,17,19). The SMILES string of the molecule is C=CCSc1nnc(NC(=O)COc2ccccc2OCC)s1. The Morgan fingerprint density at radius 3 is 2.78 bits per heavy atom. The first-order valence-corrected chi connectivity index (χ1v) is 8.74. The topological polar surface area (TPSA) is 73.3 Å². The van der Waals surface area contributed by atoms with E-state index >= 15 is 0 Å². The summed E-state index contributed by atoms with van der Waals surface area (Å²) in [6, 6.07) is 7.23. The van der Waals surface area contributed by atoms with Crippen LogP contribution in [0.3, 0.4) is 0 Å². The van der Waals surface area contributed by atoms with E-state index in [9.17, 15) is 4.79 Å². The van der Waals surface area contributed by atoms with E-state index in [1.165, 1.54) is 23.1 Å². The molecule has 122 valence electrons. The number of nitrogens with zero attached hydrogens (tertiary/aromatic N) is 2. The second-order valence-corrected chi connectivity index (χ2v) is 6.43. The van der Waals surface area contributed by atoms with E-state index < -0.39 is 0 Å². The van der Waals surface area contributed by atoms with Crippen LogP contribution < -0.4 is 14.8 Å². The van der Waals surface area contributed by atoms with Crippen LogP contribution in [0, 0.1) is 0 Å². The van der Waals surface area contributed by atoms with Crippen LogP contribution in [0.1, 0.15) is 6.92 Å². The van der Waals surface area contributed by atoms with Gasteiger partial charge in [-0.05, 0) is 19.1 Å². The Balaban J connectivity index is 1.85. The Hall–Kier alpha value is -2.06. The van der Waals surface area contributed by atoms with Gasteiger partial charge in [-0.15, -0.1) is 16.8 Å². The molecule has 0 aliphatic heterocycles. The number of rotatable bonds is 9. The quantitative estimate of drug-likeness (QED) is 0.425. The van der Waals surface area contributed by atoms with Gasteiger partial charge >= 0.3 is 0 Å². The van der Waals surface area contributed by atoms with Gasteiger partial charge in [-0.3, -0.25) is 10.1 Å². The van der Waals surface area contributed by atoms with Crippen LogP contribution in [0.2, 0.25) is 0 Å². The van der Waals surface area contributed by atoms with E-state index in [0.717, 1.165) is 10.1 Å². The largest absolute Gasteiger partial charge is 0.490 e. The van der Waals surface area contributed by atoms with Crippen molar-refractivity contribution in [1.29, 1.82) is 0 Å². The van der Waals surface area contributed by atoms with Crippen molar-refractivity contribution in [3.63, 3.8) is 0 Å². The first kappa shape index (κ1) is 17.3. The number of carbonyl (C=O) groups is 1. The summed E-state index contributed by atoms with van der Waals surface area (Å²) in [5, 5.41) is 11.0. The molecule has 6 nitrogen and oxygen atoms in total. The van der Waals surface area contributed by atoms with Gasteiger partial charge in [-0.2, -0.15) is 0 Å². The van der Waals surface area contributed by atoms with Crippen LogP contribution in [-0.2, 0) is 4.79 Å². The highest BCUT2D eigenvalue weighted by atomic mass is 32.2. The molecule has 2 aromatic rings. The van der Waals surface area contributed by atoms with E-state index in [1.807, 2.05) is 19.1 Å². The number of nitrogens with one attached hydrogen (secondary N) is 1. The summed E-state index contributed by atoms with van der Waals surface area (Å²) in [4.78, 5) is 11.9. The van der Waals surface area contributed by atoms with Gasteiger partial charge in [-0.25, -0.2) is 0 Å². The summed E-state index contributed by atoms with van der Waals surface area (Å²) in [5.74, 6) is 1.60. The van der Waals surface area contributed by atoms with E-state index in [4.69, 9.17) is 9.47 Å². The second kappa shape index (κ2) is 9.16. The van der Waals surface area contributed by atoms with Crippen molar-refractivity contribution >= 4 is 34.1 Å². The van der Waals surface area contributed by atoms with Crippen molar-refractivity contribution in [3.8, 4) is 11.5 Å². The number of carbonyl (C=O) groups excluding carboxylic acids is 1. The number of thioether (sulfide) groups is 1. The molecule has 1 N–H and O–H groups in total. The Labute approximate surface area is 142 Å². The summed E-state index contributed by atoms with van der Waals surface area (Å²) in [5.41, 5.74) is 0. The lowest BCUT2D eigenvalue weighted by atomic mass is 10.3. The molecule has 0 fully saturated rings. The van der Waals surface area contributed by atoms with Crippen LogP contribution in [0.25, 0.3) is 0 Å². The minimum Gasteiger partial charge on any atom is -0.490 e. The maximum absolute atomic E-state index is 11.9. The fraction of sp³-hybridized carbons (Fsp3) is 0.267. The highest BCUT2D eigenvalue weighted by Gasteiger charge is 2.10. The molecule has 0 saturated carbocycles. The molecule has 0 atom stereocenters. The predicted molar refractivity (Wildman–Crippen MR) is 92.6 cm³/mol. The third-order valence-corrected chi connectivity index (χ3v) is 4.45. The average molecular weight is 351 g/mol. The van der Waals surface area contributed by atoms with Crippen molar-refractivity contribution in [2.24, 2.45) is 0 Å². The van der Waals surface area contributed by atoms with E-state index in [2.05, 4.69) is 22.1 Å². The number of hydrogen-bond acceptors (Lipinski definition) is 7. The summed E-state index contributed by atoms with van der Waals surface area (Å²) in [6.45, 7) is 5.94. The van der Waals surface area contributed by atoms with Gasteiger partial charge in [0.25, 0.3) is 5.91 Å². The molecule has 0 bridgehead atoms. The molecule has 23 heavy (non-hydrogen) atoms. The Kier molecular flexibility index (Phi) is 6.89.